The topological polar surface area (TPSA) is 53.4 Å². The van der Waals surface area contributed by atoms with Crippen LogP contribution in [0.15, 0.2) is 29.8 Å². The lowest BCUT2D eigenvalue weighted by Crippen LogP contribution is -2.20. The summed E-state index contributed by atoms with van der Waals surface area (Å²) in [6.07, 6.45) is 1.03. The summed E-state index contributed by atoms with van der Waals surface area (Å²) in [4.78, 5) is 18.0. The second-order valence-electron chi connectivity index (χ2n) is 4.23. The molecule has 1 aromatic carbocycles. The van der Waals surface area contributed by atoms with Crippen molar-refractivity contribution >= 4 is 23.0 Å². The van der Waals surface area contributed by atoms with Gasteiger partial charge in [-0.2, -0.15) is 0 Å². The Kier molecular flexibility index (Phi) is 2.76. The van der Waals surface area contributed by atoms with Gasteiger partial charge in [0.15, 0.2) is 5.69 Å². The highest BCUT2D eigenvalue weighted by Gasteiger charge is 2.21. The maximum atomic E-state index is 11.0. The number of fused-ring (bicyclic) bond motifs is 1. The Balaban J connectivity index is 1.86. The van der Waals surface area contributed by atoms with E-state index < -0.39 is 5.97 Å². The molecular weight excluding hydrogens is 248 g/mol. The second-order valence-corrected chi connectivity index (χ2v) is 5.17. The summed E-state index contributed by atoms with van der Waals surface area (Å²) in [5.41, 5.74) is 4.33. The minimum atomic E-state index is -0.946. The third-order valence-corrected chi connectivity index (χ3v) is 3.98. The number of anilines is 1. The van der Waals surface area contributed by atoms with E-state index in [0.717, 1.165) is 17.8 Å². The molecule has 0 spiro atoms. The summed E-state index contributed by atoms with van der Waals surface area (Å²) in [7, 11) is 0. The zero-order valence-corrected chi connectivity index (χ0v) is 10.5. The van der Waals surface area contributed by atoms with Crippen LogP contribution in [0.25, 0.3) is 0 Å². The van der Waals surface area contributed by atoms with E-state index in [0.29, 0.717) is 6.54 Å². The number of carboxylic acid groups (broad SMARTS) is 1. The van der Waals surface area contributed by atoms with Crippen LogP contribution in [0, 0.1) is 0 Å². The van der Waals surface area contributed by atoms with Crippen molar-refractivity contribution in [2.75, 3.05) is 11.4 Å². The molecule has 0 amide bonds. The highest BCUT2D eigenvalue weighted by Crippen LogP contribution is 2.30. The van der Waals surface area contributed by atoms with E-state index >= 15 is 0 Å². The van der Waals surface area contributed by atoms with Gasteiger partial charge in [0, 0.05) is 12.2 Å². The first-order valence-electron chi connectivity index (χ1n) is 5.74. The first kappa shape index (κ1) is 11.2. The predicted octanol–water partition coefficient (Wildman–Crippen LogP) is 2.40. The number of aromatic nitrogens is 1. The van der Waals surface area contributed by atoms with Crippen LogP contribution in [0.5, 0.6) is 0 Å². The third-order valence-electron chi connectivity index (χ3n) is 3.16. The van der Waals surface area contributed by atoms with Crippen molar-refractivity contribution < 1.29 is 9.90 Å². The van der Waals surface area contributed by atoms with Crippen LogP contribution in [0.3, 0.4) is 0 Å². The lowest BCUT2D eigenvalue weighted by Gasteiger charge is -2.18. The standard InChI is InChI=1S/C13H12N2O2S/c16-13(17)12-11(18-8-14-12)7-15-6-5-9-3-1-2-4-10(9)15/h1-4,8H,5-7H2,(H,16,17). The Morgan fingerprint density at radius 2 is 2.28 bits per heavy atom. The average molecular weight is 260 g/mol. The van der Waals surface area contributed by atoms with Crippen LogP contribution in [0.2, 0.25) is 0 Å². The van der Waals surface area contributed by atoms with Gasteiger partial charge in [0.25, 0.3) is 0 Å². The first-order chi connectivity index (χ1) is 8.75. The van der Waals surface area contributed by atoms with Crippen LogP contribution in [-0.2, 0) is 13.0 Å². The molecule has 2 aromatic rings. The fraction of sp³-hybridized carbons (Fsp3) is 0.231. The maximum Gasteiger partial charge on any atom is 0.355 e. The number of rotatable bonds is 3. The first-order valence-corrected chi connectivity index (χ1v) is 6.62. The molecule has 1 aliphatic heterocycles. The Bertz CT molecular complexity index is 594. The Morgan fingerprint density at radius 3 is 3.11 bits per heavy atom. The van der Waals surface area contributed by atoms with Crippen LogP contribution >= 0.6 is 11.3 Å². The third kappa shape index (κ3) is 1.86. The number of benzene rings is 1. The van der Waals surface area contributed by atoms with Crippen molar-refractivity contribution in [3.63, 3.8) is 0 Å². The average Bonchev–Trinajstić information content (AvgIpc) is 2.97. The van der Waals surface area contributed by atoms with Gasteiger partial charge in [-0.25, -0.2) is 9.78 Å². The van der Waals surface area contributed by atoms with Crippen molar-refractivity contribution in [3.8, 4) is 0 Å². The number of thiazole rings is 1. The Morgan fingerprint density at radius 1 is 1.44 bits per heavy atom. The van der Waals surface area contributed by atoms with E-state index in [1.807, 2.05) is 12.1 Å². The van der Waals surface area contributed by atoms with Crippen molar-refractivity contribution in [1.29, 1.82) is 0 Å². The van der Waals surface area contributed by atoms with E-state index in [4.69, 9.17) is 5.11 Å². The molecule has 0 atom stereocenters. The smallest absolute Gasteiger partial charge is 0.355 e. The molecule has 0 fully saturated rings. The molecule has 18 heavy (non-hydrogen) atoms. The molecule has 4 nitrogen and oxygen atoms in total. The van der Waals surface area contributed by atoms with E-state index in [1.165, 1.54) is 22.6 Å². The number of hydrogen-bond donors (Lipinski definition) is 1. The summed E-state index contributed by atoms with van der Waals surface area (Å²) in [5.74, 6) is -0.946. The summed E-state index contributed by atoms with van der Waals surface area (Å²) in [6, 6.07) is 8.27. The van der Waals surface area contributed by atoms with Crippen LogP contribution in [0.1, 0.15) is 20.9 Å². The molecule has 1 aliphatic rings. The zero-order chi connectivity index (χ0) is 12.5. The monoisotopic (exact) mass is 260 g/mol. The lowest BCUT2D eigenvalue weighted by molar-refractivity contribution is 0.0690. The SMILES string of the molecule is O=C(O)c1ncsc1CN1CCc2ccccc21. The van der Waals surface area contributed by atoms with Gasteiger partial charge in [0.2, 0.25) is 0 Å². The summed E-state index contributed by atoms with van der Waals surface area (Å²) in [5, 5.41) is 9.05. The molecule has 0 saturated heterocycles. The molecule has 0 radical (unpaired) electrons. The van der Waals surface area contributed by atoms with Gasteiger partial charge in [0.05, 0.1) is 16.9 Å². The maximum absolute atomic E-state index is 11.0. The van der Waals surface area contributed by atoms with E-state index in [2.05, 4.69) is 22.0 Å². The fourth-order valence-corrected chi connectivity index (χ4v) is 3.07. The van der Waals surface area contributed by atoms with Crippen molar-refractivity contribution in [2.45, 2.75) is 13.0 Å². The molecule has 0 aliphatic carbocycles. The van der Waals surface area contributed by atoms with Crippen molar-refractivity contribution in [1.82, 2.24) is 4.98 Å². The summed E-state index contributed by atoms with van der Waals surface area (Å²) >= 11 is 1.41. The van der Waals surface area contributed by atoms with Gasteiger partial charge in [-0.05, 0) is 18.1 Å². The van der Waals surface area contributed by atoms with Gasteiger partial charge in [-0.1, -0.05) is 18.2 Å². The number of carboxylic acids is 1. The van der Waals surface area contributed by atoms with E-state index in [-0.39, 0.29) is 5.69 Å². The number of para-hydroxylation sites is 1. The number of hydrogen-bond acceptors (Lipinski definition) is 4. The predicted molar refractivity (Wildman–Crippen MR) is 70.3 cm³/mol. The van der Waals surface area contributed by atoms with Gasteiger partial charge in [0.1, 0.15) is 0 Å². The van der Waals surface area contributed by atoms with Gasteiger partial charge >= 0.3 is 5.97 Å². The van der Waals surface area contributed by atoms with Gasteiger partial charge < -0.3 is 10.0 Å². The Labute approximate surface area is 109 Å². The molecule has 92 valence electrons. The molecule has 1 aromatic heterocycles. The largest absolute Gasteiger partial charge is 0.476 e. The van der Waals surface area contributed by atoms with E-state index in [9.17, 15) is 4.79 Å². The number of carbonyl (C=O) groups is 1. The van der Waals surface area contributed by atoms with Crippen LogP contribution in [0.4, 0.5) is 5.69 Å². The zero-order valence-electron chi connectivity index (χ0n) is 9.67. The van der Waals surface area contributed by atoms with Crippen molar-refractivity contribution in [3.05, 3.63) is 45.9 Å². The normalized spacial score (nSPS) is 13.7. The van der Waals surface area contributed by atoms with Gasteiger partial charge in [-0.15, -0.1) is 11.3 Å². The van der Waals surface area contributed by atoms with Crippen LogP contribution < -0.4 is 4.90 Å². The van der Waals surface area contributed by atoms with E-state index in [1.54, 1.807) is 5.51 Å². The second kappa shape index (κ2) is 4.42. The van der Waals surface area contributed by atoms with Crippen LogP contribution in [-0.4, -0.2) is 22.6 Å². The molecule has 2 heterocycles. The quantitative estimate of drug-likeness (QED) is 0.920. The summed E-state index contributed by atoms with van der Waals surface area (Å²) < 4.78 is 0. The fourth-order valence-electron chi connectivity index (χ4n) is 2.30. The molecule has 5 heteroatoms. The minimum Gasteiger partial charge on any atom is -0.476 e. The molecule has 0 bridgehead atoms. The minimum absolute atomic E-state index is 0.185. The number of nitrogens with zero attached hydrogens (tertiary/aromatic N) is 2. The summed E-state index contributed by atoms with van der Waals surface area (Å²) in [6.45, 7) is 1.57. The number of aromatic carboxylic acids is 1. The highest BCUT2D eigenvalue weighted by atomic mass is 32.1. The molecule has 1 N–H and O–H groups in total. The molecule has 0 unspecified atom stereocenters. The lowest BCUT2D eigenvalue weighted by atomic mass is 10.2. The van der Waals surface area contributed by atoms with Gasteiger partial charge in [-0.3, -0.25) is 0 Å². The molecular formula is C13H12N2O2S. The van der Waals surface area contributed by atoms with Crippen molar-refractivity contribution in [2.24, 2.45) is 0 Å². The highest BCUT2D eigenvalue weighted by molar-refractivity contribution is 7.09. The molecule has 3 rings (SSSR count). The molecule has 0 saturated carbocycles. The Hall–Kier alpha value is -1.88.